The van der Waals surface area contributed by atoms with Gasteiger partial charge in [0.25, 0.3) is 11.5 Å². The molecule has 2 amide bonds. The van der Waals surface area contributed by atoms with Crippen LogP contribution in [0.25, 0.3) is 11.1 Å². The number of anilines is 4. The van der Waals surface area contributed by atoms with Crippen molar-refractivity contribution in [1.82, 2.24) is 19.0 Å². The molecule has 4 aromatic rings. The van der Waals surface area contributed by atoms with E-state index in [-0.39, 0.29) is 18.1 Å². The molecule has 2 aliphatic heterocycles. The summed E-state index contributed by atoms with van der Waals surface area (Å²) in [4.78, 5) is 60.4. The third-order valence-electron chi connectivity index (χ3n) is 9.70. The Morgan fingerprint density at radius 3 is 2.51 bits per heavy atom. The molecule has 49 heavy (non-hydrogen) atoms. The minimum absolute atomic E-state index is 0.0442. The molecular formula is C36H39N7O6. The van der Waals surface area contributed by atoms with Crippen molar-refractivity contribution in [2.24, 2.45) is 7.05 Å². The molecule has 5 heterocycles. The summed E-state index contributed by atoms with van der Waals surface area (Å²) in [6, 6.07) is 13.1. The highest BCUT2D eigenvalue weighted by Gasteiger charge is 2.32. The molecule has 0 saturated carbocycles. The number of aromatic nitrogens is 3. The first kappa shape index (κ1) is 32.0. The first-order chi connectivity index (χ1) is 23.7. The third-order valence-corrected chi connectivity index (χ3v) is 9.70. The Morgan fingerprint density at radius 2 is 1.78 bits per heavy atom. The van der Waals surface area contributed by atoms with E-state index in [0.29, 0.717) is 73.3 Å². The van der Waals surface area contributed by atoms with E-state index < -0.39 is 12.1 Å². The van der Waals surface area contributed by atoms with E-state index in [4.69, 9.17) is 4.74 Å². The predicted molar refractivity (Wildman–Crippen MR) is 185 cm³/mol. The number of benzene rings is 1. The number of carboxylic acid groups (broad SMARTS) is 1. The average Bonchev–Trinajstić information content (AvgIpc) is 3.49. The monoisotopic (exact) mass is 665 g/mol. The second kappa shape index (κ2) is 13.1. The van der Waals surface area contributed by atoms with Crippen molar-refractivity contribution in [3.8, 4) is 11.1 Å². The lowest BCUT2D eigenvalue weighted by Gasteiger charge is -2.34. The molecule has 13 heteroatoms. The Bertz CT molecular complexity index is 1990. The molecule has 3 aliphatic rings. The highest BCUT2D eigenvalue weighted by Crippen LogP contribution is 2.36. The van der Waals surface area contributed by atoms with Gasteiger partial charge in [0.2, 0.25) is 0 Å². The zero-order valence-electron chi connectivity index (χ0n) is 27.6. The van der Waals surface area contributed by atoms with Gasteiger partial charge in [0.05, 0.1) is 17.6 Å². The summed E-state index contributed by atoms with van der Waals surface area (Å²) in [5.41, 5.74) is 6.91. The van der Waals surface area contributed by atoms with Gasteiger partial charge in [0, 0.05) is 76.3 Å². The fourth-order valence-corrected chi connectivity index (χ4v) is 7.18. The van der Waals surface area contributed by atoms with Gasteiger partial charge in [-0.1, -0.05) is 12.1 Å². The molecule has 2 N–H and O–H groups in total. The maximum atomic E-state index is 14.0. The van der Waals surface area contributed by atoms with Crippen molar-refractivity contribution in [3.05, 3.63) is 87.7 Å². The maximum absolute atomic E-state index is 14.0. The molecule has 1 fully saturated rings. The lowest BCUT2D eigenvalue weighted by atomic mass is 9.98. The van der Waals surface area contributed by atoms with E-state index in [9.17, 15) is 24.3 Å². The van der Waals surface area contributed by atoms with Crippen molar-refractivity contribution >= 4 is 40.8 Å². The number of aryl methyl sites for hydroxylation is 2. The topological polar surface area (TPSA) is 142 Å². The fourth-order valence-electron chi connectivity index (χ4n) is 7.18. The van der Waals surface area contributed by atoms with Gasteiger partial charge in [0.15, 0.2) is 0 Å². The van der Waals surface area contributed by atoms with Crippen molar-refractivity contribution in [2.45, 2.75) is 45.8 Å². The molecule has 3 aromatic heterocycles. The standard InChI is InChI=1S/C36H39N7O6/c1-23(44)49-22-28-27(7-5-9-31(28)43-17-16-42-30-8-4-3-6-24(30)19-32(42)35(43)46)25-18-29(34(45)39(2)21-25)38-33-11-10-26(20-37-33)40-12-14-41(15-13-40)36(47)48/h5,7,9-11,18-21H,3-4,6,8,12-17,22H2,1-2H3,(H,37,38)(H,47,48). The molecule has 13 nitrogen and oxygen atoms in total. The van der Waals surface area contributed by atoms with Crippen LogP contribution in [0.1, 0.15) is 47.1 Å². The number of fused-ring (bicyclic) bond motifs is 3. The largest absolute Gasteiger partial charge is 0.465 e. The number of ether oxygens (including phenoxy) is 1. The Kier molecular flexibility index (Phi) is 8.57. The third kappa shape index (κ3) is 6.23. The number of pyridine rings is 2. The summed E-state index contributed by atoms with van der Waals surface area (Å²) in [5, 5.41) is 12.4. The van der Waals surface area contributed by atoms with Gasteiger partial charge in [0.1, 0.15) is 23.8 Å². The second-order valence-electron chi connectivity index (χ2n) is 12.7. The lowest BCUT2D eigenvalue weighted by molar-refractivity contribution is -0.142. The molecule has 254 valence electrons. The van der Waals surface area contributed by atoms with Crippen LogP contribution in [0.3, 0.4) is 0 Å². The molecule has 0 atom stereocenters. The van der Waals surface area contributed by atoms with Crippen molar-refractivity contribution in [3.63, 3.8) is 0 Å². The number of esters is 1. The summed E-state index contributed by atoms with van der Waals surface area (Å²) in [7, 11) is 1.67. The van der Waals surface area contributed by atoms with Crippen LogP contribution in [0.2, 0.25) is 0 Å². The summed E-state index contributed by atoms with van der Waals surface area (Å²) < 4.78 is 9.20. The van der Waals surface area contributed by atoms with E-state index in [2.05, 4.69) is 19.8 Å². The zero-order chi connectivity index (χ0) is 34.2. The van der Waals surface area contributed by atoms with Crippen molar-refractivity contribution < 1.29 is 24.2 Å². The Morgan fingerprint density at radius 1 is 0.980 bits per heavy atom. The van der Waals surface area contributed by atoms with E-state index in [1.54, 1.807) is 36.5 Å². The normalized spacial score (nSPS) is 15.9. The molecule has 7 rings (SSSR count). The van der Waals surface area contributed by atoms with Gasteiger partial charge >= 0.3 is 12.1 Å². The van der Waals surface area contributed by atoms with E-state index in [0.717, 1.165) is 36.9 Å². The van der Waals surface area contributed by atoms with Gasteiger partial charge in [-0.05, 0) is 67.1 Å². The van der Waals surface area contributed by atoms with Crippen molar-refractivity contribution in [2.75, 3.05) is 47.8 Å². The summed E-state index contributed by atoms with van der Waals surface area (Å²) in [6.07, 6.45) is 6.77. The Hall–Kier alpha value is -5.59. The number of rotatable bonds is 7. The van der Waals surface area contributed by atoms with E-state index in [1.807, 2.05) is 30.3 Å². The van der Waals surface area contributed by atoms with Crippen LogP contribution >= 0.6 is 0 Å². The molecule has 0 radical (unpaired) electrons. The van der Waals surface area contributed by atoms with Crippen LogP contribution in [0.15, 0.2) is 59.7 Å². The smallest absolute Gasteiger partial charge is 0.407 e. The number of hydrogen-bond acceptors (Lipinski definition) is 8. The highest BCUT2D eigenvalue weighted by molar-refractivity contribution is 6.07. The SMILES string of the molecule is CC(=O)OCc1c(-c2cc(Nc3ccc(N4CCN(C(=O)O)CC4)cn3)c(=O)n(C)c2)cccc1N1CCn2c(cc3c2CCCC3)C1=O. The van der Waals surface area contributed by atoms with Gasteiger partial charge in [-0.25, -0.2) is 9.78 Å². The molecule has 1 aromatic carbocycles. The minimum atomic E-state index is -0.917. The number of nitrogens with one attached hydrogen (secondary N) is 1. The zero-order valence-corrected chi connectivity index (χ0v) is 27.6. The molecule has 1 saturated heterocycles. The van der Waals surface area contributed by atoms with Crippen LogP contribution in [0, 0.1) is 0 Å². The van der Waals surface area contributed by atoms with Crippen LogP contribution in [0.5, 0.6) is 0 Å². The molecule has 0 bridgehead atoms. The Balaban J connectivity index is 1.19. The number of nitrogens with zero attached hydrogens (tertiary/aromatic N) is 6. The van der Waals surface area contributed by atoms with Gasteiger partial charge in [-0.3, -0.25) is 14.4 Å². The van der Waals surface area contributed by atoms with Crippen LogP contribution < -0.4 is 20.7 Å². The van der Waals surface area contributed by atoms with Gasteiger partial charge in [-0.15, -0.1) is 0 Å². The first-order valence-electron chi connectivity index (χ1n) is 16.6. The number of carbonyl (C=O) groups excluding carboxylic acids is 2. The predicted octanol–water partition coefficient (Wildman–Crippen LogP) is 4.39. The van der Waals surface area contributed by atoms with Gasteiger partial charge < -0.3 is 39.0 Å². The molecule has 1 aliphatic carbocycles. The lowest BCUT2D eigenvalue weighted by Crippen LogP contribution is -2.48. The number of hydrogen-bond donors (Lipinski definition) is 2. The van der Waals surface area contributed by atoms with Crippen LogP contribution in [-0.4, -0.2) is 74.8 Å². The number of piperazine rings is 1. The summed E-state index contributed by atoms with van der Waals surface area (Å²) in [6.45, 7) is 4.45. The number of carbonyl (C=O) groups is 3. The quantitative estimate of drug-likeness (QED) is 0.275. The van der Waals surface area contributed by atoms with E-state index in [1.165, 1.54) is 27.6 Å². The fraction of sp³-hybridized carbons (Fsp3) is 0.361. The summed E-state index contributed by atoms with van der Waals surface area (Å²) in [5.74, 6) is -0.0444. The molecular weight excluding hydrogens is 626 g/mol. The van der Waals surface area contributed by atoms with E-state index >= 15 is 0 Å². The average molecular weight is 666 g/mol. The van der Waals surface area contributed by atoms with Crippen LogP contribution in [0.4, 0.5) is 27.7 Å². The summed E-state index contributed by atoms with van der Waals surface area (Å²) >= 11 is 0. The maximum Gasteiger partial charge on any atom is 0.407 e. The van der Waals surface area contributed by atoms with Gasteiger partial charge in [-0.2, -0.15) is 0 Å². The molecule has 0 unspecified atom stereocenters. The van der Waals surface area contributed by atoms with Crippen molar-refractivity contribution in [1.29, 1.82) is 0 Å². The Labute approximate surface area is 283 Å². The number of amides is 2. The second-order valence-corrected chi connectivity index (χ2v) is 12.7. The first-order valence-corrected chi connectivity index (χ1v) is 16.6. The highest BCUT2D eigenvalue weighted by atomic mass is 16.5. The minimum Gasteiger partial charge on any atom is -0.465 e. The molecule has 0 spiro atoms. The van der Waals surface area contributed by atoms with Crippen LogP contribution in [-0.2, 0) is 42.6 Å².